The highest BCUT2D eigenvalue weighted by molar-refractivity contribution is 7.89. The van der Waals surface area contributed by atoms with Crippen LogP contribution in [-0.4, -0.2) is 43.3 Å². The van der Waals surface area contributed by atoms with Crippen molar-refractivity contribution in [2.45, 2.75) is 45.6 Å². The third-order valence-electron chi connectivity index (χ3n) is 4.85. The molecule has 3 rings (SSSR count). The molecule has 0 spiro atoms. The second kappa shape index (κ2) is 9.87. The lowest BCUT2D eigenvalue weighted by Gasteiger charge is -2.20. The zero-order chi connectivity index (χ0) is 21.6. The van der Waals surface area contributed by atoms with Crippen LogP contribution in [0.1, 0.15) is 44.4 Å². The van der Waals surface area contributed by atoms with E-state index in [-0.39, 0.29) is 11.8 Å². The summed E-state index contributed by atoms with van der Waals surface area (Å²) in [6, 6.07) is 11.2. The summed E-state index contributed by atoms with van der Waals surface area (Å²) in [6.45, 7) is 5.26. The number of anilines is 3. The summed E-state index contributed by atoms with van der Waals surface area (Å²) in [5.74, 6) is 1.40. The van der Waals surface area contributed by atoms with E-state index in [0.717, 1.165) is 43.0 Å². The van der Waals surface area contributed by atoms with Crippen molar-refractivity contribution in [3.05, 3.63) is 41.6 Å². The number of benzene rings is 1. The molecule has 0 radical (unpaired) electrons. The summed E-state index contributed by atoms with van der Waals surface area (Å²) < 4.78 is 27.0. The monoisotopic (exact) mass is 428 g/mol. The van der Waals surface area contributed by atoms with E-state index in [4.69, 9.17) is 5.26 Å². The first kappa shape index (κ1) is 22.0. The molecule has 1 unspecified atom stereocenters. The first-order chi connectivity index (χ1) is 14.4. The van der Waals surface area contributed by atoms with E-state index in [0.29, 0.717) is 24.5 Å². The Hall–Kier alpha value is -2.70. The Morgan fingerprint density at radius 2 is 2.07 bits per heavy atom. The van der Waals surface area contributed by atoms with E-state index in [1.807, 2.05) is 25.1 Å². The first-order valence-electron chi connectivity index (χ1n) is 10.3. The SMILES string of the molecule is CCCc1cc(N2CCC(NS(=O)(=O)CCC)C2)nc(Nc2cccc(C#N)c2)n1. The van der Waals surface area contributed by atoms with Crippen LogP contribution in [0, 0.1) is 11.3 Å². The largest absolute Gasteiger partial charge is 0.355 e. The van der Waals surface area contributed by atoms with E-state index in [2.05, 4.69) is 37.9 Å². The molecule has 1 fully saturated rings. The zero-order valence-corrected chi connectivity index (χ0v) is 18.2. The number of nitrogens with one attached hydrogen (secondary N) is 2. The van der Waals surface area contributed by atoms with Crippen LogP contribution in [0.25, 0.3) is 0 Å². The average molecular weight is 429 g/mol. The highest BCUT2D eigenvalue weighted by Crippen LogP contribution is 2.23. The van der Waals surface area contributed by atoms with Crippen molar-refractivity contribution in [1.29, 1.82) is 5.26 Å². The molecule has 1 aliphatic rings. The van der Waals surface area contributed by atoms with Gasteiger partial charge in [-0.1, -0.05) is 26.3 Å². The van der Waals surface area contributed by atoms with Gasteiger partial charge in [0.1, 0.15) is 5.82 Å². The van der Waals surface area contributed by atoms with Crippen LogP contribution in [0.4, 0.5) is 17.5 Å². The van der Waals surface area contributed by atoms with Gasteiger partial charge in [0.2, 0.25) is 16.0 Å². The summed E-state index contributed by atoms with van der Waals surface area (Å²) >= 11 is 0. The second-order valence-corrected chi connectivity index (χ2v) is 9.35. The molecule has 1 aliphatic heterocycles. The highest BCUT2D eigenvalue weighted by atomic mass is 32.2. The molecule has 2 aromatic rings. The van der Waals surface area contributed by atoms with Crippen molar-refractivity contribution in [1.82, 2.24) is 14.7 Å². The van der Waals surface area contributed by atoms with Crippen LogP contribution in [-0.2, 0) is 16.4 Å². The third kappa shape index (κ3) is 5.90. The Morgan fingerprint density at radius 3 is 2.80 bits per heavy atom. The summed E-state index contributed by atoms with van der Waals surface area (Å²) in [5, 5.41) is 12.3. The van der Waals surface area contributed by atoms with Crippen LogP contribution >= 0.6 is 0 Å². The highest BCUT2D eigenvalue weighted by Gasteiger charge is 2.27. The maximum absolute atomic E-state index is 12.1. The molecule has 9 heteroatoms. The lowest BCUT2D eigenvalue weighted by molar-refractivity contribution is 0.560. The zero-order valence-electron chi connectivity index (χ0n) is 17.4. The van der Waals surface area contributed by atoms with Gasteiger partial charge in [-0.15, -0.1) is 0 Å². The van der Waals surface area contributed by atoms with Crippen LogP contribution in [0.5, 0.6) is 0 Å². The van der Waals surface area contributed by atoms with Gasteiger partial charge in [0.05, 0.1) is 17.4 Å². The lowest BCUT2D eigenvalue weighted by Crippen LogP contribution is -2.38. The van der Waals surface area contributed by atoms with Crippen molar-refractivity contribution < 1.29 is 8.42 Å². The maximum atomic E-state index is 12.1. The van der Waals surface area contributed by atoms with Gasteiger partial charge in [0, 0.05) is 36.6 Å². The number of aryl methyl sites for hydroxylation is 1. The molecule has 8 nitrogen and oxygen atoms in total. The summed E-state index contributed by atoms with van der Waals surface area (Å²) in [5.41, 5.74) is 2.24. The predicted octanol–water partition coefficient (Wildman–Crippen LogP) is 2.95. The van der Waals surface area contributed by atoms with E-state index >= 15 is 0 Å². The molecule has 1 saturated heterocycles. The van der Waals surface area contributed by atoms with Gasteiger partial charge in [-0.25, -0.2) is 18.1 Å². The third-order valence-corrected chi connectivity index (χ3v) is 6.49. The predicted molar refractivity (Wildman–Crippen MR) is 118 cm³/mol. The number of nitriles is 1. The van der Waals surface area contributed by atoms with E-state index < -0.39 is 10.0 Å². The van der Waals surface area contributed by atoms with Gasteiger partial charge in [-0.05, 0) is 37.5 Å². The molecule has 2 N–H and O–H groups in total. The van der Waals surface area contributed by atoms with Crippen LogP contribution in [0.3, 0.4) is 0 Å². The van der Waals surface area contributed by atoms with Crippen LogP contribution < -0.4 is 14.9 Å². The smallest absolute Gasteiger partial charge is 0.229 e. The molecular formula is C21H28N6O2S. The Bertz CT molecular complexity index is 1020. The fraction of sp³-hybridized carbons (Fsp3) is 0.476. The minimum absolute atomic E-state index is 0.116. The Labute approximate surface area is 178 Å². The molecule has 2 heterocycles. The van der Waals surface area contributed by atoms with Gasteiger partial charge >= 0.3 is 0 Å². The van der Waals surface area contributed by atoms with E-state index in [9.17, 15) is 8.42 Å². The summed E-state index contributed by atoms with van der Waals surface area (Å²) in [7, 11) is -3.24. The van der Waals surface area contributed by atoms with Crippen LogP contribution in [0.2, 0.25) is 0 Å². The maximum Gasteiger partial charge on any atom is 0.229 e. The minimum Gasteiger partial charge on any atom is -0.355 e. The molecule has 30 heavy (non-hydrogen) atoms. The topological polar surface area (TPSA) is 111 Å². The number of hydrogen-bond donors (Lipinski definition) is 2. The molecule has 0 saturated carbocycles. The van der Waals surface area contributed by atoms with Gasteiger partial charge in [0.15, 0.2) is 0 Å². The standard InChI is InChI=1S/C21H28N6O2S/c1-3-6-17-13-20(27-10-9-19(15-27)26-30(28,29)11-4-2)25-21(23-17)24-18-8-5-7-16(12-18)14-22/h5,7-8,12-13,19,26H,3-4,6,9-11,15H2,1-2H3,(H,23,24,25). The fourth-order valence-corrected chi connectivity index (χ4v) is 4.88. The minimum atomic E-state index is -3.24. The molecule has 0 amide bonds. The van der Waals surface area contributed by atoms with Gasteiger partial charge in [-0.2, -0.15) is 10.2 Å². The Morgan fingerprint density at radius 1 is 1.23 bits per heavy atom. The molecular weight excluding hydrogens is 400 g/mol. The quantitative estimate of drug-likeness (QED) is 0.631. The molecule has 1 aromatic carbocycles. The molecule has 160 valence electrons. The van der Waals surface area contributed by atoms with Gasteiger partial charge < -0.3 is 10.2 Å². The normalized spacial score (nSPS) is 16.4. The van der Waals surface area contributed by atoms with Crippen molar-refractivity contribution >= 4 is 27.5 Å². The van der Waals surface area contributed by atoms with Crippen LogP contribution in [0.15, 0.2) is 30.3 Å². The van der Waals surface area contributed by atoms with Crippen molar-refractivity contribution in [3.8, 4) is 6.07 Å². The average Bonchev–Trinajstić information content (AvgIpc) is 3.16. The van der Waals surface area contributed by atoms with Crippen molar-refractivity contribution in [3.63, 3.8) is 0 Å². The number of rotatable bonds is 9. The van der Waals surface area contributed by atoms with Gasteiger partial charge in [0.25, 0.3) is 0 Å². The lowest BCUT2D eigenvalue weighted by atomic mass is 10.2. The van der Waals surface area contributed by atoms with E-state index in [1.165, 1.54) is 0 Å². The number of nitrogens with zero attached hydrogens (tertiary/aromatic N) is 4. The van der Waals surface area contributed by atoms with Crippen molar-refractivity contribution in [2.24, 2.45) is 0 Å². The molecule has 1 atom stereocenters. The molecule has 1 aromatic heterocycles. The Kier molecular flexibility index (Phi) is 7.24. The number of hydrogen-bond acceptors (Lipinski definition) is 7. The summed E-state index contributed by atoms with van der Waals surface area (Å²) in [6.07, 6.45) is 3.12. The van der Waals surface area contributed by atoms with Gasteiger partial charge in [-0.3, -0.25) is 0 Å². The van der Waals surface area contributed by atoms with E-state index in [1.54, 1.807) is 12.1 Å². The number of aromatic nitrogens is 2. The first-order valence-corrected chi connectivity index (χ1v) is 12.0. The second-order valence-electron chi connectivity index (χ2n) is 7.48. The number of sulfonamides is 1. The van der Waals surface area contributed by atoms with Crippen molar-refractivity contribution in [2.75, 3.05) is 29.1 Å². The Balaban J connectivity index is 1.78. The molecule has 0 bridgehead atoms. The molecule has 0 aliphatic carbocycles. The summed E-state index contributed by atoms with van der Waals surface area (Å²) in [4.78, 5) is 11.4. The fourth-order valence-electron chi connectivity index (χ4n) is 3.53.